The van der Waals surface area contributed by atoms with E-state index in [4.69, 9.17) is 4.74 Å². The second-order valence-electron chi connectivity index (χ2n) is 5.48. The Morgan fingerprint density at radius 3 is 3.05 bits per heavy atom. The summed E-state index contributed by atoms with van der Waals surface area (Å²) in [6, 6.07) is 0. The van der Waals surface area contributed by atoms with Gasteiger partial charge >= 0.3 is 0 Å². The van der Waals surface area contributed by atoms with Crippen molar-refractivity contribution in [3.8, 4) is 0 Å². The summed E-state index contributed by atoms with van der Waals surface area (Å²) in [5.41, 5.74) is 1.05. The maximum Gasteiger partial charge on any atom is 0.259 e. The summed E-state index contributed by atoms with van der Waals surface area (Å²) in [6.07, 6.45) is 3.97. The summed E-state index contributed by atoms with van der Waals surface area (Å²) in [4.78, 5) is 21.7. The van der Waals surface area contributed by atoms with E-state index in [0.29, 0.717) is 6.10 Å². The molecular weight excluding hydrogens is 304 g/mol. The average molecular weight is 324 g/mol. The Morgan fingerprint density at radius 1 is 1.43 bits per heavy atom. The first-order valence-electron chi connectivity index (χ1n) is 7.33. The Morgan fingerprint density at radius 2 is 2.29 bits per heavy atom. The lowest BCUT2D eigenvalue weighted by Gasteiger charge is -2.21. The van der Waals surface area contributed by atoms with Crippen LogP contribution in [-0.2, 0) is 10.5 Å². The van der Waals surface area contributed by atoms with Crippen molar-refractivity contribution in [3.63, 3.8) is 0 Å². The Kier molecular flexibility index (Phi) is 4.66. The van der Waals surface area contributed by atoms with Gasteiger partial charge in [-0.2, -0.15) is 11.8 Å². The van der Waals surface area contributed by atoms with E-state index in [1.54, 1.807) is 23.1 Å². The molecule has 1 aliphatic rings. The SMILES string of the molecule is Cc1sc2nc(CSC[C@H]3CCCCO3)[nH]c(=O)c2c1C. The molecule has 1 atom stereocenters. The van der Waals surface area contributed by atoms with Gasteiger partial charge in [0.25, 0.3) is 5.56 Å². The molecule has 3 rings (SSSR count). The van der Waals surface area contributed by atoms with Crippen LogP contribution in [0.2, 0.25) is 0 Å². The molecule has 6 heteroatoms. The lowest BCUT2D eigenvalue weighted by atomic mass is 10.1. The van der Waals surface area contributed by atoms with Crippen LogP contribution in [0.1, 0.15) is 35.5 Å². The highest BCUT2D eigenvalue weighted by Crippen LogP contribution is 2.26. The van der Waals surface area contributed by atoms with Gasteiger partial charge in [-0.25, -0.2) is 4.98 Å². The maximum absolute atomic E-state index is 12.2. The summed E-state index contributed by atoms with van der Waals surface area (Å²) in [5, 5.41) is 0.752. The first-order chi connectivity index (χ1) is 10.1. The van der Waals surface area contributed by atoms with Gasteiger partial charge < -0.3 is 9.72 Å². The number of rotatable bonds is 4. The number of H-pyrrole nitrogens is 1. The topological polar surface area (TPSA) is 55.0 Å². The maximum atomic E-state index is 12.2. The summed E-state index contributed by atoms with van der Waals surface area (Å²) in [7, 11) is 0. The molecule has 0 radical (unpaired) electrons. The lowest BCUT2D eigenvalue weighted by molar-refractivity contribution is 0.0315. The third-order valence-electron chi connectivity index (χ3n) is 3.90. The van der Waals surface area contributed by atoms with Gasteiger partial charge in [0.1, 0.15) is 10.7 Å². The summed E-state index contributed by atoms with van der Waals surface area (Å²) in [5.74, 6) is 2.49. The van der Waals surface area contributed by atoms with Gasteiger partial charge in [-0.15, -0.1) is 11.3 Å². The van der Waals surface area contributed by atoms with Crippen LogP contribution >= 0.6 is 23.1 Å². The van der Waals surface area contributed by atoms with Crippen molar-refractivity contribution in [2.45, 2.75) is 45.0 Å². The third kappa shape index (κ3) is 3.33. The molecule has 0 saturated carbocycles. The quantitative estimate of drug-likeness (QED) is 0.936. The van der Waals surface area contributed by atoms with Gasteiger partial charge in [0, 0.05) is 17.2 Å². The molecule has 1 fully saturated rings. The number of hydrogen-bond donors (Lipinski definition) is 1. The van der Waals surface area contributed by atoms with Crippen LogP contribution in [0, 0.1) is 13.8 Å². The number of nitrogens with zero attached hydrogens (tertiary/aromatic N) is 1. The van der Waals surface area contributed by atoms with E-state index in [0.717, 1.165) is 46.1 Å². The van der Waals surface area contributed by atoms with Gasteiger partial charge in [-0.1, -0.05) is 0 Å². The van der Waals surface area contributed by atoms with Crippen LogP contribution in [-0.4, -0.2) is 28.4 Å². The first kappa shape index (κ1) is 15.1. The zero-order valence-electron chi connectivity index (χ0n) is 12.4. The fraction of sp³-hybridized carbons (Fsp3) is 0.600. The number of aromatic nitrogens is 2. The highest BCUT2D eigenvalue weighted by molar-refractivity contribution is 7.98. The first-order valence-corrected chi connectivity index (χ1v) is 9.30. The number of thioether (sulfide) groups is 1. The van der Waals surface area contributed by atoms with Gasteiger partial charge in [-0.05, 0) is 38.7 Å². The number of ether oxygens (including phenoxy) is 1. The minimum Gasteiger partial charge on any atom is -0.377 e. The minimum atomic E-state index is -0.00799. The van der Waals surface area contributed by atoms with Gasteiger partial charge in [-0.3, -0.25) is 4.79 Å². The van der Waals surface area contributed by atoms with Crippen molar-refractivity contribution in [2.75, 3.05) is 12.4 Å². The number of fused-ring (bicyclic) bond motifs is 1. The smallest absolute Gasteiger partial charge is 0.259 e. The van der Waals surface area contributed by atoms with Crippen molar-refractivity contribution in [2.24, 2.45) is 0 Å². The Labute approximate surface area is 132 Å². The van der Waals surface area contributed by atoms with Crippen LogP contribution in [0.4, 0.5) is 0 Å². The zero-order chi connectivity index (χ0) is 14.8. The van der Waals surface area contributed by atoms with Crippen LogP contribution in [0.3, 0.4) is 0 Å². The van der Waals surface area contributed by atoms with Crippen molar-refractivity contribution < 1.29 is 4.74 Å². The number of hydrogen-bond acceptors (Lipinski definition) is 5. The van der Waals surface area contributed by atoms with Gasteiger partial charge in [0.2, 0.25) is 0 Å². The van der Waals surface area contributed by atoms with Crippen LogP contribution < -0.4 is 5.56 Å². The van der Waals surface area contributed by atoms with Gasteiger partial charge in [0.05, 0.1) is 17.2 Å². The molecule has 2 aromatic heterocycles. The fourth-order valence-corrected chi connectivity index (χ4v) is 4.62. The monoisotopic (exact) mass is 324 g/mol. The molecule has 1 saturated heterocycles. The van der Waals surface area contributed by atoms with Crippen molar-refractivity contribution in [1.29, 1.82) is 0 Å². The molecule has 0 spiro atoms. The van der Waals surface area contributed by atoms with Crippen molar-refractivity contribution in [1.82, 2.24) is 9.97 Å². The van der Waals surface area contributed by atoms with Crippen LogP contribution in [0.25, 0.3) is 10.2 Å². The molecule has 0 unspecified atom stereocenters. The Hall–Kier alpha value is -0.850. The zero-order valence-corrected chi connectivity index (χ0v) is 14.0. The van der Waals surface area contributed by atoms with E-state index in [1.165, 1.54) is 17.7 Å². The Bertz CT molecular complexity index is 687. The largest absolute Gasteiger partial charge is 0.377 e. The number of thiophene rings is 1. The molecule has 3 heterocycles. The lowest BCUT2D eigenvalue weighted by Crippen LogP contribution is -2.21. The van der Waals surface area contributed by atoms with Crippen molar-refractivity contribution >= 4 is 33.3 Å². The van der Waals surface area contributed by atoms with E-state index < -0.39 is 0 Å². The van der Waals surface area contributed by atoms with E-state index >= 15 is 0 Å². The van der Waals surface area contributed by atoms with Crippen LogP contribution in [0.5, 0.6) is 0 Å². The summed E-state index contributed by atoms with van der Waals surface area (Å²) >= 11 is 3.39. The van der Waals surface area contributed by atoms with Gasteiger partial charge in [0.15, 0.2) is 0 Å². The summed E-state index contributed by atoms with van der Waals surface area (Å²) < 4.78 is 5.72. The third-order valence-corrected chi connectivity index (χ3v) is 6.09. The van der Waals surface area contributed by atoms with Crippen molar-refractivity contribution in [3.05, 3.63) is 26.6 Å². The summed E-state index contributed by atoms with van der Waals surface area (Å²) in [6.45, 7) is 4.91. The molecule has 21 heavy (non-hydrogen) atoms. The highest BCUT2D eigenvalue weighted by Gasteiger charge is 2.15. The average Bonchev–Trinajstić information content (AvgIpc) is 2.75. The molecule has 0 bridgehead atoms. The molecule has 0 aromatic carbocycles. The second-order valence-corrected chi connectivity index (χ2v) is 7.71. The molecule has 4 nitrogen and oxygen atoms in total. The number of nitrogens with one attached hydrogen (secondary N) is 1. The molecule has 1 N–H and O–H groups in total. The molecule has 0 amide bonds. The van der Waals surface area contributed by atoms with Crippen LogP contribution in [0.15, 0.2) is 4.79 Å². The number of aryl methyl sites for hydroxylation is 2. The predicted octanol–water partition coefficient (Wildman–Crippen LogP) is 3.40. The van der Waals surface area contributed by atoms with E-state index in [2.05, 4.69) is 9.97 Å². The molecule has 114 valence electrons. The fourth-order valence-electron chi connectivity index (χ4n) is 2.59. The standard InChI is InChI=1S/C15H20N2O2S2/c1-9-10(2)21-15-13(9)14(18)16-12(17-15)8-20-7-11-5-3-4-6-19-11/h11H,3-8H2,1-2H3,(H,16,17,18)/t11-/m1/s1. The van der Waals surface area contributed by atoms with E-state index in [-0.39, 0.29) is 5.56 Å². The van der Waals surface area contributed by atoms with E-state index in [9.17, 15) is 4.79 Å². The normalized spacial score (nSPS) is 19.2. The van der Waals surface area contributed by atoms with E-state index in [1.807, 2.05) is 13.8 Å². The molecular formula is C15H20N2O2S2. The molecule has 1 aliphatic heterocycles. The highest BCUT2D eigenvalue weighted by atomic mass is 32.2. The molecule has 2 aromatic rings. The minimum absolute atomic E-state index is 0.00799. The second kappa shape index (κ2) is 6.50. The number of aromatic amines is 1. The molecule has 0 aliphatic carbocycles. The predicted molar refractivity (Wildman–Crippen MR) is 89.5 cm³/mol. The Balaban J connectivity index is 1.68.